The standard InChI is InChI=1S/C20H16FN5/c1-13-6-14(8-22)9-25-20(13)26-5-4-18-17(12-26)7-16(11-23-18)15-2-3-19(21)24-10-15/h2-3,6-7,9-11H,4-5,12H2,1H3. The minimum atomic E-state index is -0.492. The second-order valence-electron chi connectivity index (χ2n) is 6.35. The van der Waals surface area contributed by atoms with Gasteiger partial charge < -0.3 is 4.90 Å². The van der Waals surface area contributed by atoms with Gasteiger partial charge in [-0.1, -0.05) is 0 Å². The topological polar surface area (TPSA) is 65.7 Å². The molecule has 6 heteroatoms. The predicted molar refractivity (Wildman–Crippen MR) is 95.9 cm³/mol. The maximum absolute atomic E-state index is 13.0. The van der Waals surface area contributed by atoms with Crippen LogP contribution < -0.4 is 4.90 Å². The Bertz CT molecular complexity index is 1010. The monoisotopic (exact) mass is 345 g/mol. The summed E-state index contributed by atoms with van der Waals surface area (Å²) in [6, 6.07) is 9.12. The van der Waals surface area contributed by atoms with Crippen LogP contribution in [-0.4, -0.2) is 21.5 Å². The van der Waals surface area contributed by atoms with Crippen molar-refractivity contribution in [2.45, 2.75) is 19.9 Å². The second-order valence-corrected chi connectivity index (χ2v) is 6.35. The van der Waals surface area contributed by atoms with Gasteiger partial charge in [-0.15, -0.1) is 0 Å². The number of nitriles is 1. The lowest BCUT2D eigenvalue weighted by molar-refractivity contribution is 0.584. The van der Waals surface area contributed by atoms with E-state index in [0.717, 1.165) is 46.7 Å². The van der Waals surface area contributed by atoms with Gasteiger partial charge in [0.05, 0.1) is 5.56 Å². The first-order chi connectivity index (χ1) is 12.6. The lowest BCUT2D eigenvalue weighted by atomic mass is 10.0. The normalized spacial score (nSPS) is 13.2. The molecular weight excluding hydrogens is 329 g/mol. The first-order valence-electron chi connectivity index (χ1n) is 8.35. The van der Waals surface area contributed by atoms with E-state index in [0.29, 0.717) is 12.1 Å². The molecular formula is C20H16FN5. The molecule has 0 saturated carbocycles. The highest BCUT2D eigenvalue weighted by molar-refractivity contribution is 5.63. The summed E-state index contributed by atoms with van der Waals surface area (Å²) in [6.45, 7) is 3.50. The van der Waals surface area contributed by atoms with Crippen LogP contribution in [0.5, 0.6) is 0 Å². The van der Waals surface area contributed by atoms with Gasteiger partial charge in [0.2, 0.25) is 5.95 Å². The number of hydrogen-bond donors (Lipinski definition) is 0. The van der Waals surface area contributed by atoms with E-state index in [1.165, 1.54) is 12.3 Å². The SMILES string of the molecule is Cc1cc(C#N)cnc1N1CCc2ncc(-c3ccc(F)nc3)cc2C1. The van der Waals surface area contributed by atoms with Gasteiger partial charge in [0, 0.05) is 54.9 Å². The molecule has 5 nitrogen and oxygen atoms in total. The summed E-state index contributed by atoms with van der Waals surface area (Å²) in [4.78, 5) is 15.0. The highest BCUT2D eigenvalue weighted by Crippen LogP contribution is 2.28. The number of fused-ring (bicyclic) bond motifs is 1. The van der Waals surface area contributed by atoms with Crippen molar-refractivity contribution in [1.82, 2.24) is 15.0 Å². The van der Waals surface area contributed by atoms with E-state index in [1.54, 1.807) is 12.3 Å². The summed E-state index contributed by atoms with van der Waals surface area (Å²) < 4.78 is 13.0. The number of pyridine rings is 3. The van der Waals surface area contributed by atoms with Crippen LogP contribution in [0.2, 0.25) is 0 Å². The van der Waals surface area contributed by atoms with E-state index < -0.39 is 5.95 Å². The van der Waals surface area contributed by atoms with Crippen molar-refractivity contribution in [3.8, 4) is 17.2 Å². The molecule has 0 unspecified atom stereocenters. The molecule has 4 heterocycles. The van der Waals surface area contributed by atoms with Gasteiger partial charge in [-0.3, -0.25) is 4.98 Å². The molecule has 0 saturated heterocycles. The van der Waals surface area contributed by atoms with Gasteiger partial charge >= 0.3 is 0 Å². The van der Waals surface area contributed by atoms with E-state index in [9.17, 15) is 4.39 Å². The Morgan fingerprint density at radius 2 is 1.92 bits per heavy atom. The largest absolute Gasteiger partial charge is 0.352 e. The number of aryl methyl sites for hydroxylation is 1. The van der Waals surface area contributed by atoms with Gasteiger partial charge in [-0.2, -0.15) is 9.65 Å². The maximum Gasteiger partial charge on any atom is 0.212 e. The third-order valence-corrected chi connectivity index (χ3v) is 4.58. The fourth-order valence-electron chi connectivity index (χ4n) is 3.27. The van der Waals surface area contributed by atoms with Crippen molar-refractivity contribution in [1.29, 1.82) is 5.26 Å². The molecule has 3 aromatic heterocycles. The van der Waals surface area contributed by atoms with Crippen LogP contribution in [0, 0.1) is 24.2 Å². The first-order valence-corrected chi connectivity index (χ1v) is 8.35. The molecule has 0 radical (unpaired) electrons. The number of aromatic nitrogens is 3. The molecule has 128 valence electrons. The first kappa shape index (κ1) is 16.2. The van der Waals surface area contributed by atoms with Crippen molar-refractivity contribution < 1.29 is 4.39 Å². The molecule has 1 aliphatic heterocycles. The quantitative estimate of drug-likeness (QED) is 0.666. The summed E-state index contributed by atoms with van der Waals surface area (Å²) in [7, 11) is 0. The molecule has 3 aromatic rings. The summed E-state index contributed by atoms with van der Waals surface area (Å²) in [5, 5.41) is 9.01. The Kier molecular flexibility index (Phi) is 4.05. The predicted octanol–water partition coefficient (Wildman–Crippen LogP) is 3.42. The third-order valence-electron chi connectivity index (χ3n) is 4.58. The van der Waals surface area contributed by atoms with E-state index in [4.69, 9.17) is 5.26 Å². The zero-order valence-electron chi connectivity index (χ0n) is 14.3. The Balaban J connectivity index is 1.64. The fraction of sp³-hybridized carbons (Fsp3) is 0.200. The van der Waals surface area contributed by atoms with Crippen molar-refractivity contribution >= 4 is 5.82 Å². The molecule has 0 fully saturated rings. The summed E-state index contributed by atoms with van der Waals surface area (Å²) >= 11 is 0. The number of hydrogen-bond acceptors (Lipinski definition) is 5. The molecule has 0 aromatic carbocycles. The van der Waals surface area contributed by atoms with E-state index in [-0.39, 0.29) is 0 Å². The minimum Gasteiger partial charge on any atom is -0.352 e. The summed E-state index contributed by atoms with van der Waals surface area (Å²) in [5.41, 5.74) is 5.51. The van der Waals surface area contributed by atoms with E-state index >= 15 is 0 Å². The molecule has 26 heavy (non-hydrogen) atoms. The molecule has 0 spiro atoms. The molecule has 0 bridgehead atoms. The summed E-state index contributed by atoms with van der Waals surface area (Å²) in [5.74, 6) is 0.400. The molecule has 0 amide bonds. The van der Waals surface area contributed by atoms with Crippen molar-refractivity contribution in [3.05, 3.63) is 71.2 Å². The molecule has 1 aliphatic rings. The zero-order valence-corrected chi connectivity index (χ0v) is 14.3. The van der Waals surface area contributed by atoms with Crippen LogP contribution >= 0.6 is 0 Å². The van der Waals surface area contributed by atoms with Crippen LogP contribution in [0.1, 0.15) is 22.4 Å². The van der Waals surface area contributed by atoms with Crippen LogP contribution in [0.25, 0.3) is 11.1 Å². The number of halogens is 1. The van der Waals surface area contributed by atoms with Gasteiger partial charge in [0.15, 0.2) is 0 Å². The molecule has 0 aliphatic carbocycles. The zero-order chi connectivity index (χ0) is 18.1. The van der Waals surface area contributed by atoms with Gasteiger partial charge in [0.1, 0.15) is 11.9 Å². The Morgan fingerprint density at radius 1 is 1.08 bits per heavy atom. The number of rotatable bonds is 2. The fourth-order valence-corrected chi connectivity index (χ4v) is 3.27. The molecule has 0 atom stereocenters. The lowest BCUT2D eigenvalue weighted by Gasteiger charge is -2.30. The van der Waals surface area contributed by atoms with Crippen molar-refractivity contribution in [2.75, 3.05) is 11.4 Å². The highest BCUT2D eigenvalue weighted by atomic mass is 19.1. The Morgan fingerprint density at radius 3 is 2.65 bits per heavy atom. The Hall–Kier alpha value is -3.33. The molecule has 4 rings (SSSR count). The van der Waals surface area contributed by atoms with Gasteiger partial charge in [-0.05, 0) is 42.3 Å². The van der Waals surface area contributed by atoms with Crippen LogP contribution in [0.4, 0.5) is 10.2 Å². The van der Waals surface area contributed by atoms with Crippen LogP contribution in [-0.2, 0) is 13.0 Å². The average molecular weight is 345 g/mol. The van der Waals surface area contributed by atoms with E-state index in [2.05, 4.69) is 32.0 Å². The maximum atomic E-state index is 13.0. The summed E-state index contributed by atoms with van der Waals surface area (Å²) in [6.07, 6.45) is 5.77. The van der Waals surface area contributed by atoms with Gasteiger partial charge in [0.25, 0.3) is 0 Å². The number of anilines is 1. The Labute approximate surface area is 150 Å². The third kappa shape index (κ3) is 3.00. The smallest absolute Gasteiger partial charge is 0.212 e. The van der Waals surface area contributed by atoms with Crippen molar-refractivity contribution in [3.63, 3.8) is 0 Å². The minimum absolute atomic E-state index is 0.492. The number of nitrogens with zero attached hydrogens (tertiary/aromatic N) is 5. The van der Waals surface area contributed by atoms with Crippen LogP contribution in [0.3, 0.4) is 0 Å². The second kappa shape index (κ2) is 6.52. The average Bonchev–Trinajstić information content (AvgIpc) is 2.67. The van der Waals surface area contributed by atoms with Crippen LogP contribution in [0.15, 0.2) is 42.9 Å². The highest BCUT2D eigenvalue weighted by Gasteiger charge is 2.20. The van der Waals surface area contributed by atoms with E-state index in [1.807, 2.05) is 19.2 Å². The van der Waals surface area contributed by atoms with Crippen molar-refractivity contribution in [2.24, 2.45) is 0 Å². The lowest BCUT2D eigenvalue weighted by Crippen LogP contribution is -2.32. The molecule has 0 N–H and O–H groups in total. The van der Waals surface area contributed by atoms with Gasteiger partial charge in [-0.25, -0.2) is 9.97 Å².